The topological polar surface area (TPSA) is 199 Å². The van der Waals surface area contributed by atoms with E-state index in [1.807, 2.05) is 64.1 Å². The molecule has 0 fully saturated rings. The Morgan fingerprint density at radius 2 is 0.730 bits per heavy atom. The van der Waals surface area contributed by atoms with Crippen LogP contribution >= 0.6 is 46.4 Å². The van der Waals surface area contributed by atoms with E-state index in [9.17, 15) is 19.2 Å². The number of carboxylic acids is 1. The second-order valence-corrected chi connectivity index (χ2v) is 21.6. The number of aliphatic carboxylic acids is 1. The molecule has 4 rings (SSSR count). The van der Waals surface area contributed by atoms with Crippen molar-refractivity contribution in [3.63, 3.8) is 0 Å². The minimum Gasteiger partial charge on any atom is -0.481 e. The smallest absolute Gasteiger partial charge is 0.326 e. The molecule has 4 aromatic rings. The Hall–Kier alpha value is -7.94. The molecule has 0 bridgehead atoms. The molecule has 0 heterocycles. The number of hydrogen-bond acceptors (Lipinski definition) is 6. The Bertz CT molecular complexity index is 3110. The first kappa shape index (κ1) is 77.2. The molecule has 4 aromatic carbocycles. The quantitative estimate of drug-likeness (QED) is 0.0117. The van der Waals surface area contributed by atoms with E-state index in [2.05, 4.69) is 172 Å². The highest BCUT2D eigenvalue weighted by Crippen LogP contribution is 2.33. The van der Waals surface area contributed by atoms with Crippen LogP contribution in [0.25, 0.3) is 0 Å². The molecular formula is C72H90Cl4N8O5. The number of guanidine groups is 2. The fourth-order valence-corrected chi connectivity index (χ4v) is 8.72. The average Bonchev–Trinajstić information content (AvgIpc) is 3.58. The van der Waals surface area contributed by atoms with E-state index in [-0.39, 0.29) is 36.4 Å². The summed E-state index contributed by atoms with van der Waals surface area (Å²) in [6, 6.07) is 20.3. The predicted molar refractivity (Wildman–Crippen MR) is 380 cm³/mol. The Morgan fingerprint density at radius 1 is 0.427 bits per heavy atom. The fraction of sp³-hybridized carbons (Fsp3) is 0.306. The number of halogens is 4. The van der Waals surface area contributed by atoms with Crippen molar-refractivity contribution in [2.24, 2.45) is 15.7 Å². The molecule has 0 aliphatic rings. The van der Waals surface area contributed by atoms with Gasteiger partial charge in [0.1, 0.15) is 11.4 Å². The first-order valence-corrected chi connectivity index (χ1v) is 31.6. The summed E-state index contributed by atoms with van der Waals surface area (Å²) in [5.41, 5.74) is 11.4. The number of benzene rings is 4. The van der Waals surface area contributed by atoms with Crippen molar-refractivity contribution >= 4 is 105 Å². The summed E-state index contributed by atoms with van der Waals surface area (Å²) < 4.78 is 0. The third-order valence-corrected chi connectivity index (χ3v) is 13.6. The molecule has 89 heavy (non-hydrogen) atoms. The number of carboxylic acid groups (broad SMARTS) is 1. The molecular weight excluding hydrogens is 1200 g/mol. The van der Waals surface area contributed by atoms with Gasteiger partial charge in [0.15, 0.2) is 0 Å². The van der Waals surface area contributed by atoms with Gasteiger partial charge < -0.3 is 21.5 Å². The summed E-state index contributed by atoms with van der Waals surface area (Å²) in [5, 5.41) is 23.1. The third-order valence-electron chi connectivity index (χ3n) is 12.4. The van der Waals surface area contributed by atoms with E-state index in [4.69, 9.17) is 57.2 Å². The molecule has 0 atom stereocenters. The summed E-state index contributed by atoms with van der Waals surface area (Å²) in [6.45, 7) is 11.9. The Balaban J connectivity index is 0.000000503. The molecule has 0 aromatic heterocycles. The second-order valence-electron chi connectivity index (χ2n) is 19.9. The Morgan fingerprint density at radius 3 is 1.08 bits per heavy atom. The SMILES string of the molecule is CC/C=C\C/C=C\C/C=C\C/C=C\C/C=C\CCCC(=O)NC(=Nc1c(Cl)cccc1Cl)NC(=O)Nc1c(C)cccc1C.CC/C=C\C/C=C\C/C=C\C/C=C\C/C=C\CCCC(=O)O.Cc1cccc(C)c1NC(=O)NC(N)=Nc1c(Cl)cccc1Cl. The molecule has 476 valence electrons. The zero-order chi connectivity index (χ0) is 65.3. The van der Waals surface area contributed by atoms with Gasteiger partial charge in [0.25, 0.3) is 0 Å². The fourth-order valence-electron chi connectivity index (χ4n) is 7.76. The van der Waals surface area contributed by atoms with Crippen LogP contribution in [0.1, 0.15) is 139 Å². The van der Waals surface area contributed by atoms with E-state index < -0.39 is 18.0 Å². The second kappa shape index (κ2) is 49.0. The summed E-state index contributed by atoms with van der Waals surface area (Å²) in [5.74, 6) is -1.17. The number of para-hydroxylation sites is 4. The molecule has 0 spiro atoms. The monoisotopic (exact) mass is 1290 g/mol. The van der Waals surface area contributed by atoms with Crippen LogP contribution in [0, 0.1) is 27.7 Å². The lowest BCUT2D eigenvalue weighted by atomic mass is 10.1. The summed E-state index contributed by atoms with van der Waals surface area (Å²) in [7, 11) is 0. The van der Waals surface area contributed by atoms with Crippen LogP contribution < -0.4 is 32.3 Å². The van der Waals surface area contributed by atoms with Crippen molar-refractivity contribution in [3.8, 4) is 0 Å². The number of nitrogens with zero attached hydrogens (tertiary/aromatic N) is 2. The van der Waals surface area contributed by atoms with Gasteiger partial charge in [0, 0.05) is 24.2 Å². The normalized spacial score (nSPS) is 12.2. The van der Waals surface area contributed by atoms with E-state index in [1.165, 1.54) is 0 Å². The Kier molecular flexibility index (Phi) is 42.5. The van der Waals surface area contributed by atoms with Crippen molar-refractivity contribution in [3.05, 3.63) is 237 Å². The van der Waals surface area contributed by atoms with Gasteiger partial charge in [-0.05, 0) is 164 Å². The molecule has 5 amide bonds. The molecule has 0 saturated carbocycles. The molecule has 8 N–H and O–H groups in total. The van der Waals surface area contributed by atoms with Crippen LogP contribution in [0.15, 0.2) is 204 Å². The minimum atomic E-state index is -0.715. The van der Waals surface area contributed by atoms with Crippen molar-refractivity contribution < 1.29 is 24.3 Å². The van der Waals surface area contributed by atoms with Crippen LogP contribution in [0.2, 0.25) is 20.1 Å². The van der Waals surface area contributed by atoms with Gasteiger partial charge >= 0.3 is 18.0 Å². The number of allylic oxidation sites excluding steroid dienone is 20. The van der Waals surface area contributed by atoms with Gasteiger partial charge in [-0.1, -0.05) is 230 Å². The van der Waals surface area contributed by atoms with Crippen molar-refractivity contribution in [1.29, 1.82) is 0 Å². The van der Waals surface area contributed by atoms with E-state index in [0.29, 0.717) is 37.9 Å². The zero-order valence-electron chi connectivity index (χ0n) is 52.4. The molecule has 0 aliphatic heterocycles. The molecule has 0 radical (unpaired) electrons. The van der Waals surface area contributed by atoms with Gasteiger partial charge in [-0.25, -0.2) is 19.6 Å². The lowest BCUT2D eigenvalue weighted by molar-refractivity contribution is -0.137. The minimum absolute atomic E-state index is 0.0661. The van der Waals surface area contributed by atoms with E-state index in [0.717, 1.165) is 111 Å². The van der Waals surface area contributed by atoms with Gasteiger partial charge in [0.05, 0.1) is 20.1 Å². The Labute approximate surface area is 549 Å². The first-order chi connectivity index (χ1) is 43.0. The number of rotatable bonds is 30. The number of nitrogens with one attached hydrogen (secondary N) is 5. The molecule has 0 unspecified atom stereocenters. The summed E-state index contributed by atoms with van der Waals surface area (Å²) in [4.78, 5) is 56.4. The number of carbonyl (C=O) groups excluding carboxylic acids is 3. The number of unbranched alkanes of at least 4 members (excludes halogenated alkanes) is 2. The van der Waals surface area contributed by atoms with Crippen LogP contribution in [-0.4, -0.2) is 41.0 Å². The maximum atomic E-state index is 12.9. The first-order valence-electron chi connectivity index (χ1n) is 30.1. The third kappa shape index (κ3) is 37.5. The number of amides is 5. The van der Waals surface area contributed by atoms with E-state index >= 15 is 0 Å². The highest BCUT2D eigenvalue weighted by molar-refractivity contribution is 6.39. The number of urea groups is 2. The predicted octanol–water partition coefficient (Wildman–Crippen LogP) is 20.8. The lowest BCUT2D eigenvalue weighted by Crippen LogP contribution is -2.45. The largest absolute Gasteiger partial charge is 0.481 e. The highest BCUT2D eigenvalue weighted by Gasteiger charge is 2.15. The van der Waals surface area contributed by atoms with Crippen molar-refractivity contribution in [1.82, 2.24) is 16.0 Å². The average molecular weight is 1290 g/mol. The molecule has 0 saturated heterocycles. The van der Waals surface area contributed by atoms with Crippen LogP contribution in [-0.2, 0) is 9.59 Å². The highest BCUT2D eigenvalue weighted by atomic mass is 35.5. The summed E-state index contributed by atoms with van der Waals surface area (Å²) in [6.07, 6.45) is 56.4. The van der Waals surface area contributed by atoms with Gasteiger partial charge in [-0.3, -0.25) is 25.5 Å². The molecule has 13 nitrogen and oxygen atoms in total. The van der Waals surface area contributed by atoms with E-state index in [1.54, 1.807) is 36.4 Å². The summed E-state index contributed by atoms with van der Waals surface area (Å²) >= 11 is 24.6. The van der Waals surface area contributed by atoms with Crippen LogP contribution in [0.5, 0.6) is 0 Å². The molecule has 0 aliphatic carbocycles. The van der Waals surface area contributed by atoms with Crippen LogP contribution in [0.3, 0.4) is 0 Å². The van der Waals surface area contributed by atoms with Crippen LogP contribution in [0.4, 0.5) is 32.3 Å². The lowest BCUT2D eigenvalue weighted by Gasteiger charge is -2.15. The van der Waals surface area contributed by atoms with Crippen molar-refractivity contribution in [2.45, 2.75) is 144 Å². The van der Waals surface area contributed by atoms with Gasteiger partial charge in [-0.2, -0.15) is 0 Å². The zero-order valence-corrected chi connectivity index (χ0v) is 55.4. The number of nitrogens with two attached hydrogens (primary N) is 1. The van der Waals surface area contributed by atoms with Crippen molar-refractivity contribution in [2.75, 3.05) is 10.6 Å². The number of aryl methyl sites for hydroxylation is 4. The number of anilines is 2. The number of carbonyl (C=O) groups is 4. The maximum absolute atomic E-state index is 12.9. The standard InChI is InChI=1S/C36H44Cl2N4O2.C20H30O2.C16H16Cl2N4O/c1-4-5-6-7-8-9-10-11-12-13-14-15-16-17-18-19-20-27-32(43)39-35(40-34-30(37)25-22-26-31(34)38)42-36(44)41-33-28(2)23-21-24-29(33)3;1-2-3-4-5-6-7-8-9-10-11-12-13-14-15-16-17-18-19-20(21)22;1-9-5-3-6-10(2)13(9)21-16(23)22-15(19)20-14-11(17)7-4-8-12(14)18/h5-6,8-9,11-12,14-15,17-18,21-26H,4,7,10,13,16,19-20,27H2,1-3H3,(H3,39,40,41,42,43,44);3-4,6-7,9-10,12-13,15-16H,2,5,8,11,14,17-19H2,1H3,(H,21,22);3-8H,1-2H3,(H4,19,20,21,22,23)/b6-5-,9-8-,12-11-,15-14-,18-17-;4-3-,7-6-,10-9-,13-12-,16-15-;. The van der Waals surface area contributed by atoms with Gasteiger partial charge in [0.2, 0.25) is 17.8 Å². The molecule has 17 heteroatoms. The van der Waals surface area contributed by atoms with Gasteiger partial charge in [-0.15, -0.1) is 0 Å². The number of aliphatic imine (C=N–C) groups is 2. The maximum Gasteiger partial charge on any atom is 0.326 e. The number of hydrogen-bond donors (Lipinski definition) is 7.